The summed E-state index contributed by atoms with van der Waals surface area (Å²) < 4.78 is 7.51. The average molecular weight is 219 g/mol. The molecule has 84 valence electrons. The number of carbonyl (C=O) groups excluding carboxylic acids is 1. The van der Waals surface area contributed by atoms with Crippen molar-refractivity contribution in [3.05, 3.63) is 23.4 Å². The van der Waals surface area contributed by atoms with E-state index in [0.29, 0.717) is 12.1 Å². The van der Waals surface area contributed by atoms with Crippen molar-refractivity contribution >= 4 is 11.7 Å². The number of piperazine rings is 1. The molecule has 0 aromatic carbocycles. The predicted octanol–water partition coefficient (Wildman–Crippen LogP) is -0.265. The maximum absolute atomic E-state index is 11.4. The van der Waals surface area contributed by atoms with Crippen molar-refractivity contribution in [3.63, 3.8) is 0 Å². The van der Waals surface area contributed by atoms with E-state index in [1.165, 1.54) is 0 Å². The van der Waals surface area contributed by atoms with Crippen LogP contribution in [0.15, 0.2) is 12.3 Å². The van der Waals surface area contributed by atoms with Gasteiger partial charge in [-0.3, -0.25) is 4.79 Å². The lowest BCUT2D eigenvalue weighted by Crippen LogP contribution is -2.43. The van der Waals surface area contributed by atoms with E-state index in [1.54, 1.807) is 11.5 Å². The monoisotopic (exact) mass is 219 g/mol. The topological polar surface area (TPSA) is 57.3 Å². The molecule has 0 aliphatic carbocycles. The first-order valence-corrected chi connectivity index (χ1v) is 5.50. The molecule has 3 heterocycles. The molecule has 0 spiro atoms. The van der Waals surface area contributed by atoms with Gasteiger partial charge in [-0.15, -0.1) is 0 Å². The summed E-state index contributed by atoms with van der Waals surface area (Å²) >= 11 is 0. The highest BCUT2D eigenvalue weighted by Gasteiger charge is 2.21. The zero-order chi connectivity index (χ0) is 11.8. The van der Waals surface area contributed by atoms with Crippen LogP contribution < -0.4 is 15.5 Å². The van der Waals surface area contributed by atoms with Gasteiger partial charge < -0.3 is 15.5 Å². The fourth-order valence-corrected chi connectivity index (χ4v) is 2.11. The van der Waals surface area contributed by atoms with Crippen molar-refractivity contribution in [3.8, 4) is 0 Å². The fraction of sp³-hybridized carbons (Fsp3) is 0.455. The molecule has 16 heavy (non-hydrogen) atoms. The van der Waals surface area contributed by atoms with Gasteiger partial charge in [0.05, 0.1) is 5.56 Å². The quantitative estimate of drug-likeness (QED) is 0.683. The number of fused-ring (bicyclic) bond motifs is 1. The summed E-state index contributed by atoms with van der Waals surface area (Å²) in [5, 5.41) is 4.35. The summed E-state index contributed by atoms with van der Waals surface area (Å²) in [6.07, 6.45) is 1.65. The van der Waals surface area contributed by atoms with Gasteiger partial charge in [0, 0.05) is 38.9 Å². The van der Waals surface area contributed by atoms with E-state index >= 15 is 0 Å². The predicted molar refractivity (Wildman–Crippen MR) is 60.5 cm³/mol. The normalized spacial score (nSPS) is 21.6. The average Bonchev–Trinajstić information content (AvgIpc) is 2.72. The first kappa shape index (κ1) is 8.52. The third kappa shape index (κ3) is 1.53. The molecule has 2 aliphatic rings. The lowest BCUT2D eigenvalue weighted by Gasteiger charge is -2.28. The Labute approximate surface area is 95.3 Å². The molecular weight excluding hydrogens is 204 g/mol. The molecule has 3 rings (SSSR count). The van der Waals surface area contributed by atoms with Crippen LogP contribution in [-0.2, 0) is 6.54 Å². The largest absolute Gasteiger partial charge is 0.354 e. The van der Waals surface area contributed by atoms with Gasteiger partial charge in [-0.05, 0) is 11.6 Å². The van der Waals surface area contributed by atoms with Crippen LogP contribution in [0.1, 0.15) is 15.9 Å². The van der Waals surface area contributed by atoms with Crippen LogP contribution in [0.5, 0.6) is 0 Å². The van der Waals surface area contributed by atoms with Crippen molar-refractivity contribution < 1.29 is 6.21 Å². The highest BCUT2D eigenvalue weighted by Crippen LogP contribution is 2.20. The van der Waals surface area contributed by atoms with Crippen LogP contribution >= 0.6 is 0 Å². The Balaban J connectivity index is 1.83. The van der Waals surface area contributed by atoms with Crippen molar-refractivity contribution in [1.29, 1.82) is 0 Å². The molecule has 1 aromatic rings. The second-order valence-electron chi connectivity index (χ2n) is 4.04. The molecule has 0 saturated carbocycles. The smallest absolute Gasteiger partial charge is 0.253 e. The molecule has 2 N–H and O–H groups in total. The number of carbonyl (C=O) groups is 1. The molecule has 0 atom stereocenters. The third-order valence-corrected chi connectivity index (χ3v) is 3.04. The summed E-state index contributed by atoms with van der Waals surface area (Å²) in [6.45, 7) is 3.70. The number of nitrogens with one attached hydrogen (secondary N) is 2. The van der Waals surface area contributed by atoms with Gasteiger partial charge in [0.15, 0.2) is 0 Å². The lowest BCUT2D eigenvalue weighted by molar-refractivity contribution is 0.0965. The van der Waals surface area contributed by atoms with Gasteiger partial charge in [-0.25, -0.2) is 4.98 Å². The second kappa shape index (κ2) is 3.75. The summed E-state index contributed by atoms with van der Waals surface area (Å²) in [5.74, 6) is 0.878. The van der Waals surface area contributed by atoms with E-state index in [-0.39, 0.29) is 5.91 Å². The highest BCUT2D eigenvalue weighted by atomic mass is 16.1. The van der Waals surface area contributed by atoms with Crippen LogP contribution in [0.2, 0.25) is 1.41 Å². The Bertz CT molecular complexity index is 457. The third-order valence-electron chi connectivity index (χ3n) is 3.04. The minimum atomic E-state index is -0.0324. The van der Waals surface area contributed by atoms with Crippen LogP contribution in [-0.4, -0.2) is 37.1 Å². The minimum Gasteiger partial charge on any atom is -0.354 e. The Morgan fingerprint density at radius 2 is 2.25 bits per heavy atom. The highest BCUT2D eigenvalue weighted by molar-refractivity contribution is 5.98. The van der Waals surface area contributed by atoms with E-state index in [1.807, 2.05) is 6.07 Å². The summed E-state index contributed by atoms with van der Waals surface area (Å²) in [7, 11) is 0. The van der Waals surface area contributed by atoms with Crippen molar-refractivity contribution in [2.24, 2.45) is 0 Å². The second-order valence-corrected chi connectivity index (χ2v) is 4.04. The number of pyridine rings is 1. The van der Waals surface area contributed by atoms with Gasteiger partial charge in [0.1, 0.15) is 7.23 Å². The Kier molecular flexibility index (Phi) is 2.00. The van der Waals surface area contributed by atoms with Crippen LogP contribution in [0.25, 0.3) is 0 Å². The summed E-state index contributed by atoms with van der Waals surface area (Å²) in [5.41, 5.74) is 1.71. The molecule has 1 amide bonds. The molecule has 1 aromatic heterocycles. The number of hydrogen-bond acceptors (Lipinski definition) is 4. The molecule has 0 bridgehead atoms. The van der Waals surface area contributed by atoms with E-state index < -0.39 is 0 Å². The molecule has 0 unspecified atom stereocenters. The Hall–Kier alpha value is -1.62. The van der Waals surface area contributed by atoms with Gasteiger partial charge in [-0.1, -0.05) is 0 Å². The number of amides is 1. The van der Waals surface area contributed by atoms with Crippen molar-refractivity contribution in [2.75, 3.05) is 31.1 Å². The fourth-order valence-electron chi connectivity index (χ4n) is 2.11. The molecule has 1 fully saturated rings. The van der Waals surface area contributed by atoms with Gasteiger partial charge in [0.2, 0.25) is 0 Å². The standard InChI is InChI=1S/C11H14N4O/c16-11-9-7-13-10(5-8(9)6-14-11)15-3-1-12-2-4-15/h5,7,12H,1-4,6H2,(H,14,16)/i/hD. The maximum Gasteiger partial charge on any atom is 0.253 e. The van der Waals surface area contributed by atoms with Gasteiger partial charge in [0.25, 0.3) is 5.91 Å². The molecular formula is C11H14N4O. The number of rotatable bonds is 1. The van der Waals surface area contributed by atoms with Crippen molar-refractivity contribution in [2.45, 2.75) is 6.54 Å². The van der Waals surface area contributed by atoms with Gasteiger partial charge >= 0.3 is 0 Å². The minimum absolute atomic E-state index is 0.0324. The molecule has 2 aliphatic heterocycles. The molecule has 0 radical (unpaired) electrons. The zero-order valence-corrected chi connectivity index (χ0v) is 8.94. The molecule has 5 nitrogen and oxygen atoms in total. The van der Waals surface area contributed by atoms with E-state index in [2.05, 4.69) is 15.2 Å². The summed E-state index contributed by atoms with van der Waals surface area (Å²) in [6, 6.07) is 1.98. The molecule has 5 heteroatoms. The van der Waals surface area contributed by atoms with Gasteiger partial charge in [-0.2, -0.15) is 0 Å². The Morgan fingerprint density at radius 1 is 1.44 bits per heavy atom. The Morgan fingerprint density at radius 3 is 3.06 bits per heavy atom. The zero-order valence-electron chi connectivity index (χ0n) is 9.94. The number of aromatic nitrogens is 1. The van der Waals surface area contributed by atoms with E-state index in [0.717, 1.165) is 37.6 Å². The van der Waals surface area contributed by atoms with E-state index in [4.69, 9.17) is 1.41 Å². The number of anilines is 1. The molecule has 1 saturated heterocycles. The SMILES string of the molecule is [2H]N1CCN(c2cc3c(cn2)C(=O)NC3)CC1. The van der Waals surface area contributed by atoms with Crippen LogP contribution in [0.3, 0.4) is 0 Å². The van der Waals surface area contributed by atoms with Crippen LogP contribution in [0, 0.1) is 0 Å². The van der Waals surface area contributed by atoms with E-state index in [9.17, 15) is 4.79 Å². The summed E-state index contributed by atoms with van der Waals surface area (Å²) in [4.78, 5) is 17.9. The maximum atomic E-state index is 11.4. The lowest BCUT2D eigenvalue weighted by atomic mass is 10.2. The van der Waals surface area contributed by atoms with Crippen LogP contribution in [0.4, 0.5) is 5.82 Å². The van der Waals surface area contributed by atoms with Crippen molar-refractivity contribution in [1.82, 2.24) is 15.6 Å². The number of nitrogens with zero attached hydrogens (tertiary/aromatic N) is 2. The first-order valence-electron chi connectivity index (χ1n) is 5.94. The number of hydrogen-bond donors (Lipinski definition) is 2. The first-order chi connectivity index (χ1) is 8.24.